The minimum atomic E-state index is -3.64. The van der Waals surface area contributed by atoms with Crippen molar-refractivity contribution in [1.29, 1.82) is 0 Å². The van der Waals surface area contributed by atoms with Gasteiger partial charge in [-0.3, -0.25) is 9.10 Å². The molecule has 10 nitrogen and oxygen atoms in total. The van der Waals surface area contributed by atoms with E-state index in [4.69, 9.17) is 10.5 Å². The van der Waals surface area contributed by atoms with Gasteiger partial charge in [0, 0.05) is 44.7 Å². The summed E-state index contributed by atoms with van der Waals surface area (Å²) in [6.07, 6.45) is 5.16. The molecule has 41 heavy (non-hydrogen) atoms. The largest absolute Gasteiger partial charge is 0.378 e. The SMILES string of the molecule is CC[C@@H](C)CCCCS(=O)(=O)c1ccc(NC(=O)c2cc(N3CC[C@@H](N)[C@@H](OC)C3)ccc2N(C)S(C)(=O)=O)cc1. The Kier molecular flexibility index (Phi) is 11.2. The molecule has 12 heteroatoms. The fourth-order valence-electron chi connectivity index (χ4n) is 4.83. The lowest BCUT2D eigenvalue weighted by Crippen LogP contribution is -2.51. The minimum absolute atomic E-state index is 0.0778. The van der Waals surface area contributed by atoms with E-state index in [-0.39, 0.29) is 34.0 Å². The zero-order valence-electron chi connectivity index (χ0n) is 24.7. The molecule has 0 aromatic heterocycles. The molecule has 0 bridgehead atoms. The molecule has 3 rings (SSSR count). The van der Waals surface area contributed by atoms with Crippen molar-refractivity contribution in [3.8, 4) is 0 Å². The summed E-state index contributed by atoms with van der Waals surface area (Å²) in [5.74, 6) is 0.142. The van der Waals surface area contributed by atoms with Crippen LogP contribution in [0.5, 0.6) is 0 Å². The van der Waals surface area contributed by atoms with E-state index in [0.29, 0.717) is 37.5 Å². The first-order valence-corrected chi connectivity index (χ1v) is 17.5. The second-order valence-electron chi connectivity index (χ2n) is 10.9. The molecule has 228 valence electrons. The highest BCUT2D eigenvalue weighted by Crippen LogP contribution is 2.30. The number of sulfone groups is 1. The van der Waals surface area contributed by atoms with Gasteiger partial charge in [0.1, 0.15) is 0 Å². The van der Waals surface area contributed by atoms with Gasteiger partial charge in [0.05, 0.1) is 34.3 Å². The number of benzene rings is 2. The summed E-state index contributed by atoms with van der Waals surface area (Å²) < 4.78 is 56.9. The van der Waals surface area contributed by atoms with E-state index < -0.39 is 25.8 Å². The van der Waals surface area contributed by atoms with E-state index in [1.807, 2.05) is 0 Å². The summed E-state index contributed by atoms with van der Waals surface area (Å²) in [5, 5.41) is 2.79. The van der Waals surface area contributed by atoms with Crippen LogP contribution in [0.15, 0.2) is 47.4 Å². The molecule has 1 amide bonds. The number of nitrogens with two attached hydrogens (primary N) is 1. The number of carbonyl (C=O) groups excluding carboxylic acids is 1. The van der Waals surface area contributed by atoms with Gasteiger partial charge in [-0.2, -0.15) is 0 Å². The summed E-state index contributed by atoms with van der Waals surface area (Å²) in [7, 11) is -4.07. The van der Waals surface area contributed by atoms with Crippen LogP contribution in [0, 0.1) is 5.92 Å². The van der Waals surface area contributed by atoms with Gasteiger partial charge in [0.25, 0.3) is 5.91 Å². The molecule has 0 spiro atoms. The third kappa shape index (κ3) is 8.67. The third-order valence-electron chi connectivity index (χ3n) is 7.87. The van der Waals surface area contributed by atoms with Gasteiger partial charge in [0.2, 0.25) is 10.0 Å². The molecule has 3 N–H and O–H groups in total. The van der Waals surface area contributed by atoms with Gasteiger partial charge in [0.15, 0.2) is 9.84 Å². The first-order chi connectivity index (χ1) is 19.3. The molecule has 0 saturated carbocycles. The lowest BCUT2D eigenvalue weighted by molar-refractivity contribution is 0.0730. The van der Waals surface area contributed by atoms with Gasteiger partial charge in [-0.15, -0.1) is 0 Å². The zero-order chi connectivity index (χ0) is 30.4. The van der Waals surface area contributed by atoms with Crippen LogP contribution in [0.3, 0.4) is 0 Å². The van der Waals surface area contributed by atoms with E-state index in [1.54, 1.807) is 37.4 Å². The normalized spacial score (nSPS) is 18.6. The Hall–Kier alpha value is -2.67. The zero-order valence-corrected chi connectivity index (χ0v) is 26.3. The molecule has 0 unspecified atom stereocenters. The number of ether oxygens (including phenoxy) is 1. The highest BCUT2D eigenvalue weighted by Gasteiger charge is 2.28. The molecule has 0 aliphatic carbocycles. The highest BCUT2D eigenvalue weighted by molar-refractivity contribution is 7.92. The van der Waals surface area contributed by atoms with Crippen molar-refractivity contribution in [3.05, 3.63) is 48.0 Å². The predicted molar refractivity (Wildman–Crippen MR) is 165 cm³/mol. The molecular formula is C29H44N4O6S2. The van der Waals surface area contributed by atoms with Crippen molar-refractivity contribution in [2.45, 2.75) is 63.0 Å². The number of carbonyl (C=O) groups is 1. The number of amides is 1. The summed E-state index contributed by atoms with van der Waals surface area (Å²) in [5.41, 5.74) is 7.69. The summed E-state index contributed by atoms with van der Waals surface area (Å²) in [4.78, 5) is 15.8. The topological polar surface area (TPSA) is 139 Å². The first kappa shape index (κ1) is 32.8. The fraction of sp³-hybridized carbons (Fsp3) is 0.552. The molecule has 3 atom stereocenters. The monoisotopic (exact) mass is 608 g/mol. The Labute approximate surface area is 245 Å². The molecule has 1 heterocycles. The van der Waals surface area contributed by atoms with E-state index in [9.17, 15) is 21.6 Å². The van der Waals surface area contributed by atoms with Crippen molar-refractivity contribution < 1.29 is 26.4 Å². The van der Waals surface area contributed by atoms with Crippen molar-refractivity contribution in [3.63, 3.8) is 0 Å². The number of piperidine rings is 1. The van der Waals surface area contributed by atoms with Crippen LogP contribution in [0.2, 0.25) is 0 Å². The number of sulfonamides is 1. The minimum Gasteiger partial charge on any atom is -0.378 e. The van der Waals surface area contributed by atoms with Crippen LogP contribution in [0.1, 0.15) is 56.3 Å². The second-order valence-corrected chi connectivity index (χ2v) is 15.0. The van der Waals surface area contributed by atoms with Gasteiger partial charge < -0.3 is 20.7 Å². The molecule has 1 saturated heterocycles. The fourth-order valence-corrected chi connectivity index (χ4v) is 6.71. The molecule has 1 fully saturated rings. The smallest absolute Gasteiger partial charge is 0.257 e. The Morgan fingerprint density at radius 1 is 1.15 bits per heavy atom. The number of nitrogens with zero attached hydrogens (tertiary/aromatic N) is 2. The number of unbranched alkanes of at least 4 members (excludes halogenated alkanes) is 1. The average Bonchev–Trinajstić information content (AvgIpc) is 2.94. The molecule has 1 aliphatic rings. The van der Waals surface area contributed by atoms with Crippen LogP contribution in [-0.4, -0.2) is 74.1 Å². The third-order valence-corrected chi connectivity index (χ3v) is 10.9. The lowest BCUT2D eigenvalue weighted by Gasteiger charge is -2.37. The number of hydrogen-bond acceptors (Lipinski definition) is 8. The van der Waals surface area contributed by atoms with Crippen LogP contribution < -0.4 is 20.3 Å². The maximum absolute atomic E-state index is 13.5. The van der Waals surface area contributed by atoms with Crippen molar-refractivity contribution in [2.24, 2.45) is 11.7 Å². The standard InChI is InChI=1S/C29H44N4O6S2/c1-6-21(2)9-7-8-18-41(37,38)24-13-10-22(11-14-24)31-29(34)25-19-23(12-15-27(25)32(3)40(5,35)36)33-17-16-26(30)28(20-33)39-4/h10-15,19,21,26,28H,6-9,16-18,20,30H2,1-5H3,(H,31,34)/t21-,26-,28+/m1/s1. The van der Waals surface area contributed by atoms with E-state index in [0.717, 1.165) is 35.5 Å². The Morgan fingerprint density at radius 3 is 2.44 bits per heavy atom. The van der Waals surface area contributed by atoms with Gasteiger partial charge in [-0.1, -0.05) is 33.1 Å². The van der Waals surface area contributed by atoms with Crippen molar-refractivity contribution in [2.75, 3.05) is 53.8 Å². The Balaban J connectivity index is 1.81. The van der Waals surface area contributed by atoms with Gasteiger partial charge in [-0.25, -0.2) is 16.8 Å². The Bertz CT molecular complexity index is 1400. The van der Waals surface area contributed by atoms with Crippen LogP contribution in [-0.2, 0) is 24.6 Å². The second kappa shape index (κ2) is 14.0. The average molecular weight is 609 g/mol. The van der Waals surface area contributed by atoms with Crippen molar-refractivity contribution >= 4 is 42.8 Å². The van der Waals surface area contributed by atoms with E-state index in [2.05, 4.69) is 24.1 Å². The first-order valence-electron chi connectivity index (χ1n) is 14.0. The van der Waals surface area contributed by atoms with Gasteiger partial charge in [-0.05, 0) is 61.2 Å². The van der Waals surface area contributed by atoms with Crippen LogP contribution >= 0.6 is 0 Å². The molecular weight excluding hydrogens is 564 g/mol. The molecule has 1 aliphatic heterocycles. The van der Waals surface area contributed by atoms with E-state index >= 15 is 0 Å². The number of hydrogen-bond donors (Lipinski definition) is 2. The number of anilines is 3. The summed E-state index contributed by atoms with van der Waals surface area (Å²) in [6, 6.07) is 11.0. The Morgan fingerprint density at radius 2 is 1.83 bits per heavy atom. The maximum Gasteiger partial charge on any atom is 0.257 e. The number of methoxy groups -OCH3 is 1. The van der Waals surface area contributed by atoms with Gasteiger partial charge >= 0.3 is 0 Å². The molecule has 2 aromatic carbocycles. The summed E-state index contributed by atoms with van der Waals surface area (Å²) in [6.45, 7) is 5.50. The van der Waals surface area contributed by atoms with Crippen LogP contribution in [0.4, 0.5) is 17.1 Å². The molecule has 0 radical (unpaired) electrons. The maximum atomic E-state index is 13.5. The number of rotatable bonds is 13. The lowest BCUT2D eigenvalue weighted by atomic mass is 10.0. The molecule has 2 aromatic rings. The van der Waals surface area contributed by atoms with Crippen molar-refractivity contribution in [1.82, 2.24) is 0 Å². The predicted octanol–water partition coefficient (Wildman–Crippen LogP) is 3.88. The van der Waals surface area contributed by atoms with E-state index in [1.165, 1.54) is 19.2 Å². The summed E-state index contributed by atoms with van der Waals surface area (Å²) >= 11 is 0. The number of nitrogens with one attached hydrogen (secondary N) is 1. The van der Waals surface area contributed by atoms with Crippen LogP contribution in [0.25, 0.3) is 0 Å². The quantitative estimate of drug-likeness (QED) is 0.327. The highest BCUT2D eigenvalue weighted by atomic mass is 32.2.